The molecule has 6 heteroatoms. The predicted octanol–water partition coefficient (Wildman–Crippen LogP) is 1.40. The van der Waals surface area contributed by atoms with Gasteiger partial charge in [-0.05, 0) is 30.2 Å². The molecule has 0 spiro atoms. The van der Waals surface area contributed by atoms with Crippen LogP contribution in [0.5, 0.6) is 11.5 Å². The Morgan fingerprint density at radius 1 is 1.43 bits per heavy atom. The number of carbonyl (C=O) groups excluding carboxylic acids is 1. The van der Waals surface area contributed by atoms with E-state index < -0.39 is 0 Å². The number of hydrogen-bond donors (Lipinski definition) is 1. The van der Waals surface area contributed by atoms with E-state index in [-0.39, 0.29) is 11.8 Å². The molecule has 1 atom stereocenters. The molecule has 0 saturated heterocycles. The van der Waals surface area contributed by atoms with Gasteiger partial charge in [0.15, 0.2) is 0 Å². The van der Waals surface area contributed by atoms with E-state index in [0.717, 1.165) is 22.8 Å². The second-order valence-corrected chi connectivity index (χ2v) is 5.42. The molecule has 1 amide bonds. The lowest BCUT2D eigenvalue weighted by Gasteiger charge is -2.25. The first kappa shape index (κ1) is 15.3. The molecule has 2 heterocycles. The highest BCUT2D eigenvalue weighted by molar-refractivity contribution is 5.79. The van der Waals surface area contributed by atoms with Crippen LogP contribution in [0.2, 0.25) is 0 Å². The lowest BCUT2D eigenvalue weighted by molar-refractivity contribution is -0.126. The molecule has 23 heavy (non-hydrogen) atoms. The standard InChI is InChI=1S/C17H19N3O3/c1-22-15-2-3-16-12(9-15)8-13(11-23-16)17(21)20-5-4-14-10-18-6-7-19-14/h2-3,6-7,9-10,13H,4-5,8,11H2,1H3,(H,20,21). The van der Waals surface area contributed by atoms with E-state index in [4.69, 9.17) is 9.47 Å². The predicted molar refractivity (Wildman–Crippen MR) is 84.4 cm³/mol. The van der Waals surface area contributed by atoms with Gasteiger partial charge in [0.2, 0.25) is 5.91 Å². The summed E-state index contributed by atoms with van der Waals surface area (Å²) in [5, 5.41) is 2.94. The second kappa shape index (κ2) is 7.09. The van der Waals surface area contributed by atoms with Crippen molar-refractivity contribution in [2.45, 2.75) is 12.8 Å². The number of methoxy groups -OCH3 is 1. The van der Waals surface area contributed by atoms with Crippen LogP contribution in [0.4, 0.5) is 0 Å². The number of nitrogens with zero attached hydrogens (tertiary/aromatic N) is 2. The highest BCUT2D eigenvalue weighted by Crippen LogP contribution is 2.30. The number of aromatic nitrogens is 2. The van der Waals surface area contributed by atoms with Gasteiger partial charge in [0.05, 0.1) is 18.7 Å². The summed E-state index contributed by atoms with van der Waals surface area (Å²) >= 11 is 0. The van der Waals surface area contributed by atoms with Gasteiger partial charge in [-0.2, -0.15) is 0 Å². The molecule has 1 aliphatic heterocycles. The average Bonchev–Trinajstić information content (AvgIpc) is 2.61. The van der Waals surface area contributed by atoms with E-state index in [9.17, 15) is 4.79 Å². The van der Waals surface area contributed by atoms with Crippen molar-refractivity contribution in [1.82, 2.24) is 15.3 Å². The van der Waals surface area contributed by atoms with Gasteiger partial charge in [0.25, 0.3) is 0 Å². The Morgan fingerprint density at radius 2 is 2.35 bits per heavy atom. The van der Waals surface area contributed by atoms with Crippen molar-refractivity contribution in [3.8, 4) is 11.5 Å². The van der Waals surface area contributed by atoms with Gasteiger partial charge < -0.3 is 14.8 Å². The number of amides is 1. The maximum Gasteiger partial charge on any atom is 0.226 e. The summed E-state index contributed by atoms with van der Waals surface area (Å²) in [6, 6.07) is 5.67. The van der Waals surface area contributed by atoms with Gasteiger partial charge >= 0.3 is 0 Å². The summed E-state index contributed by atoms with van der Waals surface area (Å²) in [4.78, 5) is 20.5. The van der Waals surface area contributed by atoms with Crippen LogP contribution in [0.15, 0.2) is 36.8 Å². The quantitative estimate of drug-likeness (QED) is 0.903. The van der Waals surface area contributed by atoms with Crippen molar-refractivity contribution in [3.05, 3.63) is 48.0 Å². The maximum absolute atomic E-state index is 12.3. The highest BCUT2D eigenvalue weighted by Gasteiger charge is 2.26. The van der Waals surface area contributed by atoms with Gasteiger partial charge in [-0.15, -0.1) is 0 Å². The van der Waals surface area contributed by atoms with Crippen molar-refractivity contribution < 1.29 is 14.3 Å². The number of fused-ring (bicyclic) bond motifs is 1. The van der Waals surface area contributed by atoms with Crippen LogP contribution in [-0.4, -0.2) is 36.1 Å². The van der Waals surface area contributed by atoms with Crippen LogP contribution in [0.3, 0.4) is 0 Å². The molecule has 0 radical (unpaired) electrons. The van der Waals surface area contributed by atoms with Crippen LogP contribution in [-0.2, 0) is 17.6 Å². The summed E-state index contributed by atoms with van der Waals surface area (Å²) in [5.41, 5.74) is 1.87. The molecule has 0 fully saturated rings. The minimum absolute atomic E-state index is 0.00219. The van der Waals surface area contributed by atoms with Crippen LogP contribution < -0.4 is 14.8 Å². The molecule has 6 nitrogen and oxygen atoms in total. The average molecular weight is 313 g/mol. The van der Waals surface area contributed by atoms with E-state index >= 15 is 0 Å². The Kier molecular flexibility index (Phi) is 4.71. The van der Waals surface area contributed by atoms with E-state index in [1.165, 1.54) is 0 Å². The zero-order chi connectivity index (χ0) is 16.1. The van der Waals surface area contributed by atoms with Crippen molar-refractivity contribution >= 4 is 5.91 Å². The van der Waals surface area contributed by atoms with Crippen molar-refractivity contribution in [2.75, 3.05) is 20.3 Å². The number of rotatable bonds is 5. The molecule has 0 saturated carbocycles. The highest BCUT2D eigenvalue weighted by atomic mass is 16.5. The molecule has 1 aromatic carbocycles. The van der Waals surface area contributed by atoms with Crippen LogP contribution in [0.25, 0.3) is 0 Å². The molecule has 120 valence electrons. The summed E-state index contributed by atoms with van der Waals surface area (Å²) < 4.78 is 10.9. The number of benzene rings is 1. The van der Waals surface area contributed by atoms with E-state index in [2.05, 4.69) is 15.3 Å². The Bertz CT molecular complexity index is 676. The summed E-state index contributed by atoms with van der Waals surface area (Å²) in [6.45, 7) is 0.940. The zero-order valence-corrected chi connectivity index (χ0v) is 13.0. The second-order valence-electron chi connectivity index (χ2n) is 5.42. The summed E-state index contributed by atoms with van der Waals surface area (Å²) in [7, 11) is 1.63. The minimum atomic E-state index is -0.184. The number of nitrogens with one attached hydrogen (secondary N) is 1. The third-order valence-corrected chi connectivity index (χ3v) is 3.84. The van der Waals surface area contributed by atoms with Gasteiger partial charge in [-0.3, -0.25) is 14.8 Å². The van der Waals surface area contributed by atoms with Crippen LogP contribution >= 0.6 is 0 Å². The largest absolute Gasteiger partial charge is 0.497 e. The molecular formula is C17H19N3O3. The molecule has 0 aliphatic carbocycles. The first-order valence-corrected chi connectivity index (χ1v) is 7.58. The number of carbonyl (C=O) groups is 1. The number of ether oxygens (including phenoxy) is 2. The molecule has 3 rings (SSSR count). The van der Waals surface area contributed by atoms with Crippen molar-refractivity contribution in [1.29, 1.82) is 0 Å². The van der Waals surface area contributed by atoms with Crippen LogP contribution in [0.1, 0.15) is 11.3 Å². The first-order valence-electron chi connectivity index (χ1n) is 7.58. The van der Waals surface area contributed by atoms with Gasteiger partial charge in [0, 0.05) is 31.6 Å². The van der Waals surface area contributed by atoms with Gasteiger partial charge in [-0.1, -0.05) is 0 Å². The molecule has 1 N–H and O–H groups in total. The van der Waals surface area contributed by atoms with E-state index in [1.54, 1.807) is 25.7 Å². The van der Waals surface area contributed by atoms with E-state index in [0.29, 0.717) is 26.0 Å². The van der Waals surface area contributed by atoms with Crippen LogP contribution in [0, 0.1) is 5.92 Å². The van der Waals surface area contributed by atoms with E-state index in [1.807, 2.05) is 18.2 Å². The minimum Gasteiger partial charge on any atom is -0.497 e. The molecule has 1 unspecified atom stereocenters. The molecule has 1 aromatic heterocycles. The fourth-order valence-electron chi connectivity index (χ4n) is 2.58. The zero-order valence-electron chi connectivity index (χ0n) is 13.0. The third-order valence-electron chi connectivity index (χ3n) is 3.84. The summed E-state index contributed by atoms with van der Waals surface area (Å²) in [6.07, 6.45) is 6.31. The number of hydrogen-bond acceptors (Lipinski definition) is 5. The fraction of sp³-hybridized carbons (Fsp3) is 0.353. The van der Waals surface area contributed by atoms with Gasteiger partial charge in [0.1, 0.15) is 18.1 Å². The molecule has 2 aromatic rings. The Labute approximate surface area is 134 Å². The fourth-order valence-corrected chi connectivity index (χ4v) is 2.58. The Hall–Kier alpha value is -2.63. The molecule has 1 aliphatic rings. The topological polar surface area (TPSA) is 73.3 Å². The maximum atomic E-state index is 12.3. The third kappa shape index (κ3) is 3.77. The lowest BCUT2D eigenvalue weighted by Crippen LogP contribution is -2.38. The smallest absolute Gasteiger partial charge is 0.226 e. The monoisotopic (exact) mass is 313 g/mol. The Balaban J connectivity index is 1.54. The Morgan fingerprint density at radius 3 is 3.13 bits per heavy atom. The molecular weight excluding hydrogens is 294 g/mol. The SMILES string of the molecule is COc1ccc2c(c1)CC(C(=O)NCCc1cnccn1)CO2. The summed E-state index contributed by atoms with van der Waals surface area (Å²) in [5.74, 6) is 1.42. The van der Waals surface area contributed by atoms with Gasteiger partial charge in [-0.25, -0.2) is 0 Å². The lowest BCUT2D eigenvalue weighted by atomic mass is 9.96. The van der Waals surface area contributed by atoms with Crippen molar-refractivity contribution in [3.63, 3.8) is 0 Å². The van der Waals surface area contributed by atoms with Crippen molar-refractivity contribution in [2.24, 2.45) is 5.92 Å². The molecule has 0 bridgehead atoms. The normalized spacial score (nSPS) is 16.1. The first-order chi connectivity index (χ1) is 11.3.